The SMILES string of the molecule is CNC1(CC(=O)Nc2onc(C)c2C)CCCCC1. The maximum Gasteiger partial charge on any atom is 0.234 e. The molecule has 1 saturated carbocycles. The monoisotopic (exact) mass is 265 g/mol. The standard InChI is InChI=1S/C14H23N3O2/c1-10-11(2)17-19-13(10)16-12(18)9-14(15-3)7-5-4-6-8-14/h15H,4-9H2,1-3H3,(H,16,18). The Labute approximate surface area is 114 Å². The molecule has 106 valence electrons. The number of amides is 1. The van der Waals surface area contributed by atoms with Crippen molar-refractivity contribution in [3.8, 4) is 0 Å². The zero-order valence-electron chi connectivity index (χ0n) is 12.0. The third-order valence-corrected chi connectivity index (χ3v) is 4.25. The molecule has 0 aliphatic heterocycles. The zero-order chi connectivity index (χ0) is 13.9. The molecule has 5 nitrogen and oxygen atoms in total. The lowest BCUT2D eigenvalue weighted by atomic mass is 9.79. The summed E-state index contributed by atoms with van der Waals surface area (Å²) in [5.41, 5.74) is 1.66. The van der Waals surface area contributed by atoms with Crippen LogP contribution in [0.15, 0.2) is 4.52 Å². The van der Waals surface area contributed by atoms with Gasteiger partial charge in [-0.1, -0.05) is 24.4 Å². The summed E-state index contributed by atoms with van der Waals surface area (Å²) in [6.07, 6.45) is 6.26. The number of aryl methyl sites for hydroxylation is 1. The number of nitrogens with one attached hydrogen (secondary N) is 2. The van der Waals surface area contributed by atoms with Crippen LogP contribution in [0.4, 0.5) is 5.88 Å². The molecule has 0 radical (unpaired) electrons. The molecule has 0 bridgehead atoms. The van der Waals surface area contributed by atoms with Gasteiger partial charge in [0.15, 0.2) is 0 Å². The average Bonchev–Trinajstić information content (AvgIpc) is 2.72. The zero-order valence-corrected chi connectivity index (χ0v) is 12.0. The second-order valence-electron chi connectivity index (χ2n) is 5.54. The minimum absolute atomic E-state index is 0.00417. The number of rotatable bonds is 4. The third kappa shape index (κ3) is 3.15. The van der Waals surface area contributed by atoms with Gasteiger partial charge in [-0.2, -0.15) is 0 Å². The molecule has 1 aliphatic rings. The maximum atomic E-state index is 12.2. The van der Waals surface area contributed by atoms with Crippen molar-refractivity contribution < 1.29 is 9.32 Å². The molecule has 2 rings (SSSR count). The van der Waals surface area contributed by atoms with E-state index < -0.39 is 0 Å². The quantitative estimate of drug-likeness (QED) is 0.878. The Morgan fingerprint density at radius 1 is 1.32 bits per heavy atom. The number of nitrogens with zero attached hydrogens (tertiary/aromatic N) is 1. The van der Waals surface area contributed by atoms with Crippen molar-refractivity contribution in [2.75, 3.05) is 12.4 Å². The van der Waals surface area contributed by atoms with E-state index >= 15 is 0 Å². The first-order chi connectivity index (χ1) is 9.06. The van der Waals surface area contributed by atoms with E-state index in [1.807, 2.05) is 20.9 Å². The summed E-state index contributed by atoms with van der Waals surface area (Å²) >= 11 is 0. The summed E-state index contributed by atoms with van der Waals surface area (Å²) in [7, 11) is 1.95. The van der Waals surface area contributed by atoms with E-state index in [2.05, 4.69) is 15.8 Å². The molecule has 2 N–H and O–H groups in total. The van der Waals surface area contributed by atoms with Crippen LogP contribution in [0.25, 0.3) is 0 Å². The molecule has 1 aromatic heterocycles. The van der Waals surface area contributed by atoms with E-state index in [4.69, 9.17) is 4.52 Å². The highest BCUT2D eigenvalue weighted by Crippen LogP contribution is 2.31. The lowest BCUT2D eigenvalue weighted by Gasteiger charge is -2.36. The van der Waals surface area contributed by atoms with Crippen LogP contribution in [0, 0.1) is 13.8 Å². The fraction of sp³-hybridized carbons (Fsp3) is 0.714. The molecule has 1 heterocycles. The van der Waals surface area contributed by atoms with Crippen LogP contribution < -0.4 is 10.6 Å². The van der Waals surface area contributed by atoms with E-state index in [9.17, 15) is 4.79 Å². The Morgan fingerprint density at radius 2 is 2.00 bits per heavy atom. The van der Waals surface area contributed by atoms with E-state index in [-0.39, 0.29) is 11.4 Å². The van der Waals surface area contributed by atoms with Crippen molar-refractivity contribution in [1.82, 2.24) is 10.5 Å². The average molecular weight is 265 g/mol. The van der Waals surface area contributed by atoms with Crippen LogP contribution in [0.3, 0.4) is 0 Å². The largest absolute Gasteiger partial charge is 0.338 e. The summed E-state index contributed by atoms with van der Waals surface area (Å²) in [4.78, 5) is 12.2. The first-order valence-electron chi connectivity index (χ1n) is 6.98. The highest BCUT2D eigenvalue weighted by Gasteiger charge is 2.32. The van der Waals surface area contributed by atoms with Gasteiger partial charge < -0.3 is 9.84 Å². The summed E-state index contributed by atoms with van der Waals surface area (Å²) in [5.74, 6) is 0.472. The lowest BCUT2D eigenvalue weighted by Crippen LogP contribution is -2.47. The molecule has 0 spiro atoms. The van der Waals surface area contributed by atoms with Gasteiger partial charge in [0, 0.05) is 17.5 Å². The molecule has 19 heavy (non-hydrogen) atoms. The Hall–Kier alpha value is -1.36. The smallest absolute Gasteiger partial charge is 0.234 e. The fourth-order valence-electron chi connectivity index (χ4n) is 2.75. The van der Waals surface area contributed by atoms with Gasteiger partial charge in [-0.05, 0) is 33.7 Å². The number of anilines is 1. The second kappa shape index (κ2) is 5.74. The van der Waals surface area contributed by atoms with Gasteiger partial charge in [0.2, 0.25) is 11.8 Å². The topological polar surface area (TPSA) is 67.2 Å². The summed E-state index contributed by atoms with van der Waals surface area (Å²) < 4.78 is 5.12. The Kier molecular flexibility index (Phi) is 4.24. The number of aromatic nitrogens is 1. The highest BCUT2D eigenvalue weighted by atomic mass is 16.5. The van der Waals surface area contributed by atoms with Gasteiger partial charge in [-0.3, -0.25) is 10.1 Å². The molecular weight excluding hydrogens is 242 g/mol. The van der Waals surface area contributed by atoms with Crippen LogP contribution in [0.2, 0.25) is 0 Å². The van der Waals surface area contributed by atoms with E-state index in [0.717, 1.165) is 24.1 Å². The lowest BCUT2D eigenvalue weighted by molar-refractivity contribution is -0.118. The maximum absolute atomic E-state index is 12.2. The normalized spacial score (nSPS) is 18.3. The minimum Gasteiger partial charge on any atom is -0.338 e. The van der Waals surface area contributed by atoms with Crippen LogP contribution in [-0.4, -0.2) is 23.7 Å². The first kappa shape index (κ1) is 14.1. The Balaban J connectivity index is 1.98. The van der Waals surface area contributed by atoms with Gasteiger partial charge in [-0.25, -0.2) is 0 Å². The van der Waals surface area contributed by atoms with E-state index in [1.165, 1.54) is 19.3 Å². The van der Waals surface area contributed by atoms with E-state index in [0.29, 0.717) is 12.3 Å². The minimum atomic E-state index is -0.0503. The van der Waals surface area contributed by atoms with Crippen LogP contribution >= 0.6 is 0 Å². The van der Waals surface area contributed by atoms with Gasteiger partial charge in [0.25, 0.3) is 0 Å². The van der Waals surface area contributed by atoms with Gasteiger partial charge in [0.1, 0.15) is 0 Å². The van der Waals surface area contributed by atoms with Crippen molar-refractivity contribution in [2.24, 2.45) is 0 Å². The third-order valence-electron chi connectivity index (χ3n) is 4.25. The highest BCUT2D eigenvalue weighted by molar-refractivity contribution is 5.90. The van der Waals surface area contributed by atoms with E-state index in [1.54, 1.807) is 0 Å². The molecule has 0 unspecified atom stereocenters. The van der Waals surface area contributed by atoms with Crippen molar-refractivity contribution >= 4 is 11.8 Å². The molecule has 1 amide bonds. The molecule has 0 atom stereocenters. The van der Waals surface area contributed by atoms with Crippen LogP contribution in [-0.2, 0) is 4.79 Å². The van der Waals surface area contributed by atoms with Gasteiger partial charge in [0.05, 0.1) is 5.69 Å². The van der Waals surface area contributed by atoms with Crippen LogP contribution in [0.1, 0.15) is 49.8 Å². The summed E-state index contributed by atoms with van der Waals surface area (Å²) in [6.45, 7) is 3.76. The number of carbonyl (C=O) groups is 1. The summed E-state index contributed by atoms with van der Waals surface area (Å²) in [6, 6.07) is 0. The fourth-order valence-corrected chi connectivity index (χ4v) is 2.75. The summed E-state index contributed by atoms with van der Waals surface area (Å²) in [5, 5.41) is 10.0. The van der Waals surface area contributed by atoms with Crippen molar-refractivity contribution in [1.29, 1.82) is 0 Å². The van der Waals surface area contributed by atoms with Crippen LogP contribution in [0.5, 0.6) is 0 Å². The molecule has 5 heteroatoms. The Morgan fingerprint density at radius 3 is 2.53 bits per heavy atom. The molecule has 1 aliphatic carbocycles. The molecule has 0 aromatic carbocycles. The molecule has 1 aromatic rings. The predicted molar refractivity (Wildman–Crippen MR) is 74.1 cm³/mol. The van der Waals surface area contributed by atoms with Crippen molar-refractivity contribution in [3.63, 3.8) is 0 Å². The molecular formula is C14H23N3O2. The number of hydrogen-bond acceptors (Lipinski definition) is 4. The molecule has 0 saturated heterocycles. The van der Waals surface area contributed by atoms with Crippen molar-refractivity contribution in [2.45, 2.75) is 57.9 Å². The number of hydrogen-bond donors (Lipinski definition) is 2. The predicted octanol–water partition coefficient (Wildman–Crippen LogP) is 2.54. The van der Waals surface area contributed by atoms with Gasteiger partial charge >= 0.3 is 0 Å². The first-order valence-corrected chi connectivity index (χ1v) is 6.98. The number of carbonyl (C=O) groups excluding carboxylic acids is 1. The Bertz CT molecular complexity index is 448. The second-order valence-corrected chi connectivity index (χ2v) is 5.54. The van der Waals surface area contributed by atoms with Crippen molar-refractivity contribution in [3.05, 3.63) is 11.3 Å². The van der Waals surface area contributed by atoms with Gasteiger partial charge in [-0.15, -0.1) is 0 Å². The molecule has 1 fully saturated rings.